The van der Waals surface area contributed by atoms with E-state index < -0.39 is 11.9 Å². The molecule has 0 aliphatic carbocycles. The third-order valence-electron chi connectivity index (χ3n) is 3.66. The Morgan fingerprint density at radius 3 is 2.37 bits per heavy atom. The largest absolute Gasteiger partial charge is 0.493 e. The van der Waals surface area contributed by atoms with Crippen LogP contribution in [0.1, 0.15) is 45.6 Å². The van der Waals surface area contributed by atoms with Gasteiger partial charge in [0.1, 0.15) is 0 Å². The van der Waals surface area contributed by atoms with Gasteiger partial charge in [0.25, 0.3) is 0 Å². The predicted molar refractivity (Wildman–Crippen MR) is 105 cm³/mol. The van der Waals surface area contributed by atoms with Crippen LogP contribution in [0.4, 0.5) is 0 Å². The Morgan fingerprint density at radius 1 is 1.19 bits per heavy atom. The van der Waals surface area contributed by atoms with Crippen LogP contribution in [0.2, 0.25) is 0 Å². The first-order valence-electron chi connectivity index (χ1n) is 8.98. The third kappa shape index (κ3) is 11.6. The Balaban J connectivity index is 0.000000972. The van der Waals surface area contributed by atoms with Crippen molar-refractivity contribution in [3.63, 3.8) is 0 Å². The van der Waals surface area contributed by atoms with E-state index in [4.69, 9.17) is 29.3 Å². The highest BCUT2D eigenvalue weighted by Gasteiger charge is 2.05. The summed E-state index contributed by atoms with van der Waals surface area (Å²) in [6, 6.07) is 6.62. The number of aliphatic carboxylic acids is 2. The summed E-state index contributed by atoms with van der Waals surface area (Å²) in [6.07, 6.45) is 7.41. The molecule has 0 radical (unpaired) electrons. The molecule has 0 spiro atoms. The van der Waals surface area contributed by atoms with Gasteiger partial charge in [-0.15, -0.1) is 0 Å². The van der Waals surface area contributed by atoms with Gasteiger partial charge in [0.05, 0.1) is 13.7 Å². The molecule has 152 valence electrons. The van der Waals surface area contributed by atoms with E-state index in [1.54, 1.807) is 7.11 Å². The number of carboxylic acids is 2. The smallest absolute Gasteiger partial charge is 0.414 e. The van der Waals surface area contributed by atoms with E-state index >= 15 is 0 Å². The summed E-state index contributed by atoms with van der Waals surface area (Å²) in [5.74, 6) is -2.03. The second-order valence-electron chi connectivity index (χ2n) is 5.84. The zero-order valence-electron chi connectivity index (χ0n) is 16.5. The molecule has 0 saturated heterocycles. The maximum absolute atomic E-state index is 9.10. The number of rotatable bonds is 10. The van der Waals surface area contributed by atoms with Gasteiger partial charge in [0, 0.05) is 6.04 Å². The molecule has 0 amide bonds. The van der Waals surface area contributed by atoms with Gasteiger partial charge in [-0.05, 0) is 57.4 Å². The number of ether oxygens (including phenoxy) is 2. The second kappa shape index (κ2) is 14.6. The fourth-order valence-corrected chi connectivity index (χ4v) is 2.00. The van der Waals surface area contributed by atoms with Gasteiger partial charge >= 0.3 is 11.9 Å². The summed E-state index contributed by atoms with van der Waals surface area (Å²) in [7, 11) is 1.68. The van der Waals surface area contributed by atoms with Gasteiger partial charge in [0.15, 0.2) is 11.5 Å². The minimum atomic E-state index is -1.82. The van der Waals surface area contributed by atoms with Crippen molar-refractivity contribution in [3.8, 4) is 11.5 Å². The van der Waals surface area contributed by atoms with Gasteiger partial charge in [-0.25, -0.2) is 9.59 Å². The fraction of sp³-hybridized carbons (Fsp3) is 0.500. The van der Waals surface area contributed by atoms with Crippen LogP contribution < -0.4 is 14.8 Å². The van der Waals surface area contributed by atoms with Crippen LogP contribution in [0.25, 0.3) is 6.08 Å². The zero-order valence-corrected chi connectivity index (χ0v) is 16.5. The van der Waals surface area contributed by atoms with Crippen molar-refractivity contribution >= 4 is 18.0 Å². The molecular weight excluding hydrogens is 350 g/mol. The Labute approximate surface area is 161 Å². The van der Waals surface area contributed by atoms with Crippen LogP contribution in [0.3, 0.4) is 0 Å². The zero-order chi connectivity index (χ0) is 20.7. The molecule has 7 heteroatoms. The van der Waals surface area contributed by atoms with E-state index in [2.05, 4.69) is 19.2 Å². The number of allylic oxidation sites excluding steroid dienone is 1. The molecule has 0 aliphatic rings. The van der Waals surface area contributed by atoms with Gasteiger partial charge in [-0.2, -0.15) is 0 Å². The monoisotopic (exact) mass is 381 g/mol. The van der Waals surface area contributed by atoms with Crippen LogP contribution in [-0.4, -0.2) is 48.5 Å². The van der Waals surface area contributed by atoms with Crippen molar-refractivity contribution in [2.24, 2.45) is 0 Å². The van der Waals surface area contributed by atoms with E-state index in [0.29, 0.717) is 6.04 Å². The topological polar surface area (TPSA) is 105 Å². The molecule has 1 rings (SSSR count). The average molecular weight is 381 g/mol. The van der Waals surface area contributed by atoms with E-state index in [1.807, 2.05) is 37.3 Å². The number of unbranched alkanes of at least 4 members (excludes halogenated alkanes) is 1. The molecule has 1 atom stereocenters. The highest BCUT2D eigenvalue weighted by atomic mass is 16.5. The molecular formula is C20H31NO6. The normalized spacial score (nSPS) is 11.4. The Morgan fingerprint density at radius 2 is 1.85 bits per heavy atom. The van der Waals surface area contributed by atoms with Crippen LogP contribution in [0.15, 0.2) is 24.3 Å². The first-order chi connectivity index (χ1) is 12.8. The number of nitrogens with one attached hydrogen (secondary N) is 1. The minimum absolute atomic E-state index is 0.602. The van der Waals surface area contributed by atoms with Gasteiger partial charge in [-0.3, -0.25) is 0 Å². The maximum atomic E-state index is 9.10. The molecule has 0 bridgehead atoms. The summed E-state index contributed by atoms with van der Waals surface area (Å²) in [4.78, 5) is 18.2. The van der Waals surface area contributed by atoms with Crippen molar-refractivity contribution in [3.05, 3.63) is 29.8 Å². The average Bonchev–Trinajstić information content (AvgIpc) is 2.65. The number of methoxy groups -OCH3 is 1. The van der Waals surface area contributed by atoms with Crippen LogP contribution >= 0.6 is 0 Å². The Bertz CT molecular complexity index is 588. The summed E-state index contributed by atoms with van der Waals surface area (Å²) in [5, 5.41) is 18.3. The van der Waals surface area contributed by atoms with Gasteiger partial charge in [0.2, 0.25) is 0 Å². The molecule has 1 aromatic carbocycles. The molecule has 3 N–H and O–H groups in total. The lowest BCUT2D eigenvalue weighted by Crippen LogP contribution is -2.26. The van der Waals surface area contributed by atoms with E-state index in [-0.39, 0.29) is 0 Å². The quantitative estimate of drug-likeness (QED) is 0.421. The number of benzene rings is 1. The van der Waals surface area contributed by atoms with Crippen molar-refractivity contribution in [1.29, 1.82) is 0 Å². The number of carbonyl (C=O) groups is 2. The van der Waals surface area contributed by atoms with Gasteiger partial charge < -0.3 is 25.0 Å². The minimum Gasteiger partial charge on any atom is -0.493 e. The highest BCUT2D eigenvalue weighted by molar-refractivity contribution is 6.27. The summed E-state index contributed by atoms with van der Waals surface area (Å²) in [6.45, 7) is 8.19. The molecule has 0 heterocycles. The van der Waals surface area contributed by atoms with Crippen LogP contribution in [0, 0.1) is 0 Å². The van der Waals surface area contributed by atoms with E-state index in [1.165, 1.54) is 6.42 Å². The summed E-state index contributed by atoms with van der Waals surface area (Å²) in [5.41, 5.74) is 1.12. The van der Waals surface area contributed by atoms with Crippen molar-refractivity contribution in [2.75, 3.05) is 20.3 Å². The Hall–Kier alpha value is -2.54. The predicted octanol–water partition coefficient (Wildman–Crippen LogP) is 3.43. The number of hydrogen-bond donors (Lipinski definition) is 3. The number of hydrogen-bond acceptors (Lipinski definition) is 5. The fourth-order valence-electron chi connectivity index (χ4n) is 2.00. The SMILES string of the molecule is C/C=C/c1ccc(OCCCCNC(C)CC)c(OC)c1.O=C(O)C(=O)O. The lowest BCUT2D eigenvalue weighted by Gasteiger charge is -2.13. The first kappa shape index (κ1) is 24.5. The lowest BCUT2D eigenvalue weighted by molar-refractivity contribution is -0.159. The first-order valence-corrected chi connectivity index (χ1v) is 8.98. The van der Waals surface area contributed by atoms with Crippen LogP contribution in [0.5, 0.6) is 11.5 Å². The Kier molecular flexibility index (Phi) is 13.2. The molecule has 0 aromatic heterocycles. The summed E-state index contributed by atoms with van der Waals surface area (Å²) < 4.78 is 11.2. The highest BCUT2D eigenvalue weighted by Crippen LogP contribution is 2.28. The van der Waals surface area contributed by atoms with Crippen molar-refractivity contribution in [1.82, 2.24) is 5.32 Å². The molecule has 1 unspecified atom stereocenters. The van der Waals surface area contributed by atoms with Gasteiger partial charge in [-0.1, -0.05) is 25.1 Å². The molecule has 0 fully saturated rings. The lowest BCUT2D eigenvalue weighted by atomic mass is 10.2. The van der Waals surface area contributed by atoms with Crippen molar-refractivity contribution < 1.29 is 29.3 Å². The molecule has 0 aliphatic heterocycles. The molecule has 27 heavy (non-hydrogen) atoms. The molecule has 7 nitrogen and oxygen atoms in total. The summed E-state index contributed by atoms with van der Waals surface area (Å²) >= 11 is 0. The van der Waals surface area contributed by atoms with Crippen molar-refractivity contribution in [2.45, 2.75) is 46.1 Å². The maximum Gasteiger partial charge on any atom is 0.414 e. The molecule has 1 aromatic rings. The van der Waals surface area contributed by atoms with Crippen LogP contribution in [-0.2, 0) is 9.59 Å². The van der Waals surface area contributed by atoms with E-state index in [0.717, 1.165) is 43.1 Å². The number of carboxylic acid groups (broad SMARTS) is 2. The second-order valence-corrected chi connectivity index (χ2v) is 5.84. The van der Waals surface area contributed by atoms with E-state index in [9.17, 15) is 0 Å². The standard InChI is InChI=1S/C18H29NO2.C2H2O4/c1-5-9-16-10-11-17(18(14-16)20-4)21-13-8-7-12-19-15(3)6-2;3-1(4)2(5)6/h5,9-11,14-15,19H,6-8,12-13H2,1-4H3;(H,3,4)(H,5,6)/b9-5+;. The third-order valence-corrected chi connectivity index (χ3v) is 3.66. The molecule has 0 saturated carbocycles.